The van der Waals surface area contributed by atoms with E-state index in [1.54, 1.807) is 24.3 Å². The summed E-state index contributed by atoms with van der Waals surface area (Å²) in [5.74, 6) is -2.37. The zero-order valence-corrected chi connectivity index (χ0v) is 19.8. The van der Waals surface area contributed by atoms with Gasteiger partial charge in [0.25, 0.3) is 11.8 Å². The van der Waals surface area contributed by atoms with Crippen LogP contribution in [-0.4, -0.2) is 36.6 Å². The van der Waals surface area contributed by atoms with Crippen LogP contribution in [0.3, 0.4) is 0 Å². The first-order valence-corrected chi connectivity index (χ1v) is 11.5. The lowest BCUT2D eigenvalue weighted by molar-refractivity contribution is -0.123. The maximum absolute atomic E-state index is 13.3. The van der Waals surface area contributed by atoms with E-state index in [0.717, 1.165) is 17.7 Å². The van der Waals surface area contributed by atoms with Crippen molar-refractivity contribution in [1.29, 1.82) is 0 Å². The van der Waals surface area contributed by atoms with Crippen LogP contribution in [0.25, 0.3) is 0 Å². The van der Waals surface area contributed by atoms with Gasteiger partial charge in [-0.25, -0.2) is 4.39 Å². The van der Waals surface area contributed by atoms with Gasteiger partial charge < -0.3 is 16.4 Å². The zero-order valence-electron chi connectivity index (χ0n) is 19.1. The quantitative estimate of drug-likeness (QED) is 0.374. The molecule has 1 atom stereocenters. The van der Waals surface area contributed by atoms with E-state index in [-0.39, 0.29) is 23.0 Å². The number of nitrogens with one attached hydrogen (secondary N) is 3. The van der Waals surface area contributed by atoms with Crippen LogP contribution in [0.4, 0.5) is 10.1 Å². The molecule has 0 fully saturated rings. The van der Waals surface area contributed by atoms with Gasteiger partial charge in [0.1, 0.15) is 11.5 Å². The van der Waals surface area contributed by atoms with E-state index < -0.39 is 29.1 Å². The molecule has 3 aromatic rings. The van der Waals surface area contributed by atoms with Crippen LogP contribution >= 0.6 is 11.6 Å². The number of benzene rings is 3. The predicted octanol–water partition coefficient (Wildman–Crippen LogP) is 2.77. The molecule has 1 aliphatic heterocycles. The minimum absolute atomic E-state index is 0.0221. The minimum Gasteiger partial charge on any atom is -0.367 e. The molecule has 3 amide bonds. The van der Waals surface area contributed by atoms with Gasteiger partial charge >= 0.3 is 0 Å². The van der Waals surface area contributed by atoms with Gasteiger partial charge in [-0.1, -0.05) is 54.1 Å². The Morgan fingerprint density at radius 3 is 2.42 bits per heavy atom. The van der Waals surface area contributed by atoms with Gasteiger partial charge in [0.2, 0.25) is 5.91 Å². The lowest BCUT2D eigenvalue weighted by atomic mass is 9.84. The molecule has 5 N–H and O–H groups in total. The van der Waals surface area contributed by atoms with Crippen molar-refractivity contribution in [3.63, 3.8) is 0 Å². The maximum atomic E-state index is 13.3. The fourth-order valence-corrected chi connectivity index (χ4v) is 4.24. The molecule has 184 valence electrons. The van der Waals surface area contributed by atoms with E-state index in [1.807, 2.05) is 30.3 Å². The van der Waals surface area contributed by atoms with Gasteiger partial charge in [-0.2, -0.15) is 0 Å². The molecule has 3 aromatic carbocycles. The zero-order chi connectivity index (χ0) is 25.7. The molecule has 0 aliphatic carbocycles. The fourth-order valence-electron chi connectivity index (χ4n) is 3.99. The van der Waals surface area contributed by atoms with Gasteiger partial charge in [-0.3, -0.25) is 24.7 Å². The Hall–Kier alpha value is -4.08. The lowest BCUT2D eigenvalue weighted by Gasteiger charge is -2.28. The largest absolute Gasteiger partial charge is 0.367 e. The summed E-state index contributed by atoms with van der Waals surface area (Å²) in [6, 6.07) is 19.4. The summed E-state index contributed by atoms with van der Waals surface area (Å²) in [4.78, 5) is 42.3. The van der Waals surface area contributed by atoms with Crippen molar-refractivity contribution in [3.05, 3.63) is 100 Å². The molecule has 0 saturated carbocycles. The van der Waals surface area contributed by atoms with Crippen molar-refractivity contribution in [2.45, 2.75) is 12.0 Å². The third-order valence-corrected chi connectivity index (χ3v) is 6.13. The second-order valence-electron chi connectivity index (χ2n) is 8.10. The first kappa shape index (κ1) is 25.0. The molecule has 1 aliphatic rings. The lowest BCUT2D eigenvalue weighted by Crippen LogP contribution is -2.58. The molecule has 1 heterocycles. The average Bonchev–Trinajstić information content (AvgIpc) is 3.31. The molecule has 0 spiro atoms. The van der Waals surface area contributed by atoms with Gasteiger partial charge in [-0.05, 0) is 47.9 Å². The molecule has 1 unspecified atom stereocenters. The second kappa shape index (κ2) is 10.7. The van der Waals surface area contributed by atoms with Crippen molar-refractivity contribution in [3.8, 4) is 0 Å². The molecular formula is C26H23ClFN5O3. The number of hydrogen-bond acceptors (Lipinski definition) is 5. The predicted molar refractivity (Wildman–Crippen MR) is 135 cm³/mol. The Morgan fingerprint density at radius 2 is 1.75 bits per heavy atom. The highest BCUT2D eigenvalue weighted by Gasteiger charge is 2.49. The highest BCUT2D eigenvalue weighted by Crippen LogP contribution is 2.28. The molecule has 4 rings (SSSR count). The number of primary amides is 1. The van der Waals surface area contributed by atoms with Crippen molar-refractivity contribution in [1.82, 2.24) is 10.6 Å². The molecule has 8 nitrogen and oxygen atoms in total. The van der Waals surface area contributed by atoms with Crippen molar-refractivity contribution in [2.75, 3.05) is 18.5 Å². The van der Waals surface area contributed by atoms with Gasteiger partial charge in [0, 0.05) is 12.2 Å². The molecular weight excluding hydrogens is 485 g/mol. The summed E-state index contributed by atoms with van der Waals surface area (Å²) in [6.07, 6.45) is 0.614. The Labute approximate surface area is 211 Å². The summed E-state index contributed by atoms with van der Waals surface area (Å²) < 4.78 is 13.3. The van der Waals surface area contributed by atoms with Crippen LogP contribution in [0.2, 0.25) is 5.02 Å². The number of rotatable bonds is 8. The van der Waals surface area contributed by atoms with Crippen molar-refractivity contribution in [2.24, 2.45) is 10.7 Å². The van der Waals surface area contributed by atoms with Crippen LogP contribution in [0.5, 0.6) is 0 Å². The monoisotopic (exact) mass is 507 g/mol. The average molecular weight is 508 g/mol. The van der Waals surface area contributed by atoms with Gasteiger partial charge in [-0.15, -0.1) is 0 Å². The van der Waals surface area contributed by atoms with E-state index in [2.05, 4.69) is 20.9 Å². The van der Waals surface area contributed by atoms with E-state index in [0.29, 0.717) is 24.2 Å². The third-order valence-electron chi connectivity index (χ3n) is 5.81. The number of nitrogens with two attached hydrogens (primary N) is 1. The molecule has 0 bridgehead atoms. The summed E-state index contributed by atoms with van der Waals surface area (Å²) in [6.45, 7) is 0.388. The minimum atomic E-state index is -1.63. The number of carbonyl (C=O) groups is 3. The number of carbonyl (C=O) groups excluding carboxylic acids is 3. The van der Waals surface area contributed by atoms with Crippen LogP contribution in [0.15, 0.2) is 77.8 Å². The Kier molecular flexibility index (Phi) is 7.42. The molecule has 36 heavy (non-hydrogen) atoms. The topological polar surface area (TPSA) is 126 Å². The highest BCUT2D eigenvalue weighted by atomic mass is 35.5. The first-order valence-electron chi connectivity index (χ1n) is 11.1. The third kappa shape index (κ3) is 5.12. The van der Waals surface area contributed by atoms with Crippen molar-refractivity contribution >= 4 is 40.7 Å². The Morgan fingerprint density at radius 1 is 1.03 bits per heavy atom. The van der Waals surface area contributed by atoms with Gasteiger partial charge in [0.05, 0.1) is 17.3 Å². The number of hydrogen-bond donors (Lipinski definition) is 4. The number of amides is 3. The number of anilines is 1. The number of aliphatic imine (C=N–C) groups is 1. The van der Waals surface area contributed by atoms with Crippen LogP contribution in [0, 0.1) is 5.82 Å². The number of halogens is 2. The van der Waals surface area contributed by atoms with Crippen LogP contribution < -0.4 is 21.7 Å². The summed E-state index contributed by atoms with van der Waals surface area (Å²) in [5.41, 5.74) is 6.06. The van der Waals surface area contributed by atoms with E-state index in [9.17, 15) is 18.8 Å². The standard InChI is InChI=1S/C26H23ClFN5O3/c27-21-14-18(28)8-11-20(21)23(34)33-19-9-6-17(7-10-19)26(25(29)36)22(31-15-32-26)24(35)30-13-12-16-4-2-1-3-5-16/h1-11,14,32H,12-13,15H2,(H2,29,36)(H,30,35)(H,33,34). The van der Waals surface area contributed by atoms with Crippen LogP contribution in [0.1, 0.15) is 21.5 Å². The fraction of sp³-hybridized carbons (Fsp3) is 0.154. The molecule has 10 heteroatoms. The SMILES string of the molecule is NC(=O)C1(c2ccc(NC(=O)c3ccc(F)cc3Cl)cc2)NCN=C1C(=O)NCCc1ccccc1. The van der Waals surface area contributed by atoms with Crippen molar-refractivity contribution < 1.29 is 18.8 Å². The molecule has 0 saturated heterocycles. The van der Waals surface area contributed by atoms with E-state index in [1.165, 1.54) is 6.07 Å². The highest BCUT2D eigenvalue weighted by molar-refractivity contribution is 6.47. The maximum Gasteiger partial charge on any atom is 0.268 e. The first-order chi connectivity index (χ1) is 17.3. The van der Waals surface area contributed by atoms with E-state index in [4.69, 9.17) is 17.3 Å². The Balaban J connectivity index is 1.49. The Bertz CT molecular complexity index is 1330. The summed E-state index contributed by atoms with van der Waals surface area (Å²) >= 11 is 5.96. The second-order valence-corrected chi connectivity index (χ2v) is 8.51. The normalized spacial score (nSPS) is 16.8. The van der Waals surface area contributed by atoms with Gasteiger partial charge in [0.15, 0.2) is 5.54 Å². The summed E-state index contributed by atoms with van der Waals surface area (Å²) in [5, 5.41) is 8.39. The molecule has 0 radical (unpaired) electrons. The number of nitrogens with zero attached hydrogens (tertiary/aromatic N) is 1. The summed E-state index contributed by atoms with van der Waals surface area (Å²) in [7, 11) is 0. The van der Waals surface area contributed by atoms with E-state index >= 15 is 0 Å². The smallest absolute Gasteiger partial charge is 0.268 e. The molecule has 0 aromatic heterocycles. The van der Waals surface area contributed by atoms with Crippen LogP contribution in [-0.2, 0) is 21.5 Å².